The highest BCUT2D eigenvalue weighted by molar-refractivity contribution is 5.91. The molecule has 1 aromatic rings. The standard InChI is InChI=1S/C10H14N2O2/c1-12(8-4-5-11-7-8)10(13)9-3-2-6-14-9/h2-3,6,8,11H,4-5,7H2,1H3. The lowest BCUT2D eigenvalue weighted by Crippen LogP contribution is -2.38. The molecule has 0 bridgehead atoms. The van der Waals surface area contributed by atoms with E-state index in [9.17, 15) is 4.79 Å². The van der Waals surface area contributed by atoms with Crippen LogP contribution in [0.3, 0.4) is 0 Å². The van der Waals surface area contributed by atoms with Crippen molar-refractivity contribution in [3.05, 3.63) is 24.2 Å². The molecule has 0 saturated carbocycles. The normalized spacial score (nSPS) is 21.1. The van der Waals surface area contributed by atoms with Crippen molar-refractivity contribution in [3.63, 3.8) is 0 Å². The van der Waals surface area contributed by atoms with Crippen LogP contribution in [-0.4, -0.2) is 37.0 Å². The molecule has 4 nitrogen and oxygen atoms in total. The van der Waals surface area contributed by atoms with E-state index in [-0.39, 0.29) is 5.91 Å². The predicted octanol–water partition coefficient (Wildman–Crippen LogP) is 0.714. The molecule has 1 fully saturated rings. The van der Waals surface area contributed by atoms with Crippen LogP contribution in [-0.2, 0) is 0 Å². The van der Waals surface area contributed by atoms with Crippen molar-refractivity contribution >= 4 is 5.91 Å². The fraction of sp³-hybridized carbons (Fsp3) is 0.500. The molecule has 0 aliphatic carbocycles. The number of carbonyl (C=O) groups excluding carboxylic acids is 1. The number of nitrogens with zero attached hydrogens (tertiary/aromatic N) is 1. The predicted molar refractivity (Wildman–Crippen MR) is 52.1 cm³/mol. The largest absolute Gasteiger partial charge is 0.459 e. The van der Waals surface area contributed by atoms with Gasteiger partial charge in [-0.3, -0.25) is 4.79 Å². The molecule has 0 radical (unpaired) electrons. The molecule has 0 aromatic carbocycles. The minimum atomic E-state index is -0.0382. The van der Waals surface area contributed by atoms with E-state index in [0.717, 1.165) is 19.5 Å². The Bertz CT molecular complexity index is 302. The Hall–Kier alpha value is -1.29. The van der Waals surface area contributed by atoms with E-state index < -0.39 is 0 Å². The van der Waals surface area contributed by atoms with Gasteiger partial charge in [0.25, 0.3) is 5.91 Å². The first kappa shape index (κ1) is 9.27. The summed E-state index contributed by atoms with van der Waals surface area (Å²) in [5.41, 5.74) is 0. The Morgan fingerprint density at radius 3 is 3.14 bits per heavy atom. The quantitative estimate of drug-likeness (QED) is 0.754. The third-order valence-electron chi connectivity index (χ3n) is 2.63. The second-order valence-corrected chi connectivity index (χ2v) is 3.54. The Labute approximate surface area is 82.9 Å². The van der Waals surface area contributed by atoms with E-state index >= 15 is 0 Å². The van der Waals surface area contributed by atoms with Crippen LogP contribution in [0.2, 0.25) is 0 Å². The molecule has 2 heterocycles. The Balaban J connectivity index is 2.04. The number of likely N-dealkylation sites (N-methyl/N-ethyl adjacent to an activating group) is 1. The zero-order chi connectivity index (χ0) is 9.97. The number of carbonyl (C=O) groups is 1. The molecule has 1 saturated heterocycles. The van der Waals surface area contributed by atoms with Crippen molar-refractivity contribution in [3.8, 4) is 0 Å². The van der Waals surface area contributed by atoms with Gasteiger partial charge in [-0.25, -0.2) is 0 Å². The second-order valence-electron chi connectivity index (χ2n) is 3.54. The van der Waals surface area contributed by atoms with E-state index in [1.807, 2.05) is 7.05 Å². The highest BCUT2D eigenvalue weighted by Gasteiger charge is 2.25. The average Bonchev–Trinajstić information content (AvgIpc) is 2.87. The van der Waals surface area contributed by atoms with Crippen LogP contribution in [0.25, 0.3) is 0 Å². The summed E-state index contributed by atoms with van der Waals surface area (Å²) in [6.45, 7) is 1.86. The van der Waals surface area contributed by atoms with Gasteiger partial charge in [0.05, 0.1) is 6.26 Å². The molecule has 1 unspecified atom stereocenters. The SMILES string of the molecule is CN(C(=O)c1ccco1)C1CCNC1. The maximum Gasteiger partial charge on any atom is 0.289 e. The lowest BCUT2D eigenvalue weighted by Gasteiger charge is -2.22. The van der Waals surface area contributed by atoms with Crippen LogP contribution in [0.15, 0.2) is 22.8 Å². The van der Waals surface area contributed by atoms with Gasteiger partial charge < -0.3 is 14.6 Å². The molecular weight excluding hydrogens is 180 g/mol. The summed E-state index contributed by atoms with van der Waals surface area (Å²) in [6, 6.07) is 3.72. The van der Waals surface area contributed by atoms with Gasteiger partial charge >= 0.3 is 0 Å². The topological polar surface area (TPSA) is 45.5 Å². The van der Waals surface area contributed by atoms with E-state index in [1.54, 1.807) is 17.0 Å². The highest BCUT2D eigenvalue weighted by Crippen LogP contribution is 2.11. The van der Waals surface area contributed by atoms with Crippen LogP contribution in [0.1, 0.15) is 17.0 Å². The van der Waals surface area contributed by atoms with Gasteiger partial charge in [-0.05, 0) is 25.1 Å². The van der Waals surface area contributed by atoms with Gasteiger partial charge in [-0.2, -0.15) is 0 Å². The lowest BCUT2D eigenvalue weighted by atomic mass is 10.2. The number of rotatable bonds is 2. The minimum Gasteiger partial charge on any atom is -0.459 e. The van der Waals surface area contributed by atoms with Crippen molar-refractivity contribution in [2.45, 2.75) is 12.5 Å². The van der Waals surface area contributed by atoms with Crippen molar-refractivity contribution in [1.82, 2.24) is 10.2 Å². The van der Waals surface area contributed by atoms with E-state index in [0.29, 0.717) is 11.8 Å². The van der Waals surface area contributed by atoms with E-state index in [1.165, 1.54) is 6.26 Å². The maximum absolute atomic E-state index is 11.8. The molecule has 1 amide bonds. The zero-order valence-corrected chi connectivity index (χ0v) is 8.19. The zero-order valence-electron chi connectivity index (χ0n) is 8.19. The molecule has 1 atom stereocenters. The minimum absolute atomic E-state index is 0.0382. The molecule has 0 spiro atoms. The maximum atomic E-state index is 11.8. The molecule has 1 N–H and O–H groups in total. The lowest BCUT2D eigenvalue weighted by molar-refractivity contribution is 0.0711. The van der Waals surface area contributed by atoms with E-state index in [4.69, 9.17) is 4.42 Å². The van der Waals surface area contributed by atoms with Gasteiger partial charge in [0.2, 0.25) is 0 Å². The Morgan fingerprint density at radius 2 is 2.57 bits per heavy atom. The third kappa shape index (κ3) is 1.65. The van der Waals surface area contributed by atoms with Gasteiger partial charge in [0.15, 0.2) is 5.76 Å². The van der Waals surface area contributed by atoms with Gasteiger partial charge in [-0.1, -0.05) is 0 Å². The highest BCUT2D eigenvalue weighted by atomic mass is 16.3. The molecule has 2 rings (SSSR count). The fourth-order valence-corrected chi connectivity index (χ4v) is 1.71. The van der Waals surface area contributed by atoms with Crippen molar-refractivity contribution < 1.29 is 9.21 Å². The van der Waals surface area contributed by atoms with Gasteiger partial charge in [0, 0.05) is 19.6 Å². The van der Waals surface area contributed by atoms with Crippen LogP contribution in [0, 0.1) is 0 Å². The van der Waals surface area contributed by atoms with Crippen LogP contribution < -0.4 is 5.32 Å². The summed E-state index contributed by atoms with van der Waals surface area (Å²) in [5.74, 6) is 0.378. The third-order valence-corrected chi connectivity index (χ3v) is 2.63. The monoisotopic (exact) mass is 194 g/mol. The number of amides is 1. The molecular formula is C10H14N2O2. The first-order valence-electron chi connectivity index (χ1n) is 4.80. The summed E-state index contributed by atoms with van der Waals surface area (Å²) >= 11 is 0. The molecule has 1 aromatic heterocycles. The van der Waals surface area contributed by atoms with Gasteiger partial charge in [0.1, 0.15) is 0 Å². The van der Waals surface area contributed by atoms with Crippen LogP contribution in [0.4, 0.5) is 0 Å². The molecule has 14 heavy (non-hydrogen) atoms. The summed E-state index contributed by atoms with van der Waals surface area (Å²) in [5, 5.41) is 3.23. The van der Waals surface area contributed by atoms with Crippen molar-refractivity contribution in [2.75, 3.05) is 20.1 Å². The Morgan fingerprint density at radius 1 is 1.71 bits per heavy atom. The van der Waals surface area contributed by atoms with Crippen LogP contribution in [0.5, 0.6) is 0 Å². The summed E-state index contributed by atoms with van der Waals surface area (Å²) in [6.07, 6.45) is 2.54. The van der Waals surface area contributed by atoms with Crippen molar-refractivity contribution in [2.24, 2.45) is 0 Å². The summed E-state index contributed by atoms with van der Waals surface area (Å²) in [7, 11) is 1.82. The number of hydrogen-bond acceptors (Lipinski definition) is 3. The Kier molecular flexibility index (Phi) is 2.54. The molecule has 76 valence electrons. The molecule has 4 heteroatoms. The fourth-order valence-electron chi connectivity index (χ4n) is 1.71. The van der Waals surface area contributed by atoms with Gasteiger partial charge in [-0.15, -0.1) is 0 Å². The molecule has 1 aliphatic heterocycles. The van der Waals surface area contributed by atoms with E-state index in [2.05, 4.69) is 5.32 Å². The van der Waals surface area contributed by atoms with Crippen LogP contribution >= 0.6 is 0 Å². The summed E-state index contributed by atoms with van der Waals surface area (Å²) in [4.78, 5) is 13.5. The number of hydrogen-bond donors (Lipinski definition) is 1. The first-order chi connectivity index (χ1) is 6.79. The smallest absolute Gasteiger partial charge is 0.289 e. The summed E-state index contributed by atoms with van der Waals surface area (Å²) < 4.78 is 5.06. The second kappa shape index (κ2) is 3.84. The number of furan rings is 1. The van der Waals surface area contributed by atoms with Crippen molar-refractivity contribution in [1.29, 1.82) is 0 Å². The average molecular weight is 194 g/mol. The number of nitrogens with one attached hydrogen (secondary N) is 1. The molecule has 1 aliphatic rings. The first-order valence-corrected chi connectivity index (χ1v) is 4.80.